The van der Waals surface area contributed by atoms with E-state index in [-0.39, 0.29) is 19.6 Å². The molecular formula is C53H76O31. The summed E-state index contributed by atoms with van der Waals surface area (Å²) in [6.45, 7) is 5.40. The zero-order valence-corrected chi connectivity index (χ0v) is 49.0. The molecule has 4 aliphatic heterocycles. The highest BCUT2D eigenvalue weighted by molar-refractivity contribution is 5.71. The quantitative estimate of drug-likeness (QED) is 0.161. The van der Waals surface area contributed by atoms with Gasteiger partial charge in [-0.1, -0.05) is 25.7 Å². The van der Waals surface area contributed by atoms with Gasteiger partial charge < -0.3 is 90.0 Å². The van der Waals surface area contributed by atoms with Gasteiger partial charge in [0.05, 0.1) is 6.61 Å². The van der Waals surface area contributed by atoms with Gasteiger partial charge in [-0.3, -0.25) is 57.5 Å². The molecule has 31 nitrogen and oxygen atoms in total. The second-order valence-corrected chi connectivity index (χ2v) is 19.9. The number of carbonyl (C=O) groups is 12. The topological polar surface area (TPSA) is 380 Å². The Hall–Kier alpha value is -6.64. The van der Waals surface area contributed by atoms with E-state index < -0.39 is 202 Å². The Morgan fingerprint density at radius 2 is 0.548 bits per heavy atom. The molecule has 474 valence electrons. The zero-order chi connectivity index (χ0) is 62.7. The van der Waals surface area contributed by atoms with Gasteiger partial charge in [-0.25, -0.2) is 0 Å². The van der Waals surface area contributed by atoms with Gasteiger partial charge in [0, 0.05) is 89.7 Å². The number of hydrogen-bond acceptors (Lipinski definition) is 31. The van der Waals surface area contributed by atoms with E-state index in [0.717, 1.165) is 83.1 Å². The lowest BCUT2D eigenvalue weighted by Gasteiger charge is -2.55. The molecule has 0 aromatic rings. The van der Waals surface area contributed by atoms with Crippen molar-refractivity contribution in [3.8, 4) is 0 Å². The van der Waals surface area contributed by atoms with E-state index in [1.54, 1.807) is 0 Å². The van der Waals surface area contributed by atoms with Crippen LogP contribution in [0.4, 0.5) is 0 Å². The summed E-state index contributed by atoms with van der Waals surface area (Å²) in [6.07, 6.45) is -20.4. The van der Waals surface area contributed by atoms with Crippen LogP contribution in [0.15, 0.2) is 0 Å². The van der Waals surface area contributed by atoms with Crippen molar-refractivity contribution in [1.29, 1.82) is 0 Å². The first-order valence-electron chi connectivity index (χ1n) is 26.9. The minimum absolute atomic E-state index is 0.0639. The molecule has 0 aromatic heterocycles. The number of carbonyl (C=O) groups excluding carboxylic acids is 12. The van der Waals surface area contributed by atoms with Crippen molar-refractivity contribution in [1.82, 2.24) is 0 Å². The third-order valence-electron chi connectivity index (χ3n) is 12.7. The van der Waals surface area contributed by atoms with Crippen LogP contribution in [0.1, 0.15) is 122 Å². The van der Waals surface area contributed by atoms with E-state index in [1.165, 1.54) is 0 Å². The van der Waals surface area contributed by atoms with Gasteiger partial charge in [-0.2, -0.15) is 0 Å². The Bertz CT molecular complexity index is 2240. The van der Waals surface area contributed by atoms with E-state index in [4.69, 9.17) is 90.0 Å². The van der Waals surface area contributed by atoms with Gasteiger partial charge in [0.2, 0.25) is 17.4 Å². The van der Waals surface area contributed by atoms with Crippen LogP contribution in [-0.4, -0.2) is 215 Å². The van der Waals surface area contributed by atoms with Crippen LogP contribution in [0.25, 0.3) is 0 Å². The monoisotopic (exact) mass is 1210 g/mol. The van der Waals surface area contributed by atoms with Gasteiger partial charge in [-0.05, 0) is 12.8 Å². The average Bonchev–Trinajstić information content (AvgIpc) is 1.42. The first kappa shape index (κ1) is 69.9. The Kier molecular flexibility index (Phi) is 26.6. The summed E-state index contributed by atoms with van der Waals surface area (Å²) in [4.78, 5) is 156. The molecular weight excluding hydrogens is 1130 g/mol. The molecule has 0 radical (unpaired) electrons. The summed E-state index contributed by atoms with van der Waals surface area (Å²) in [7, 11) is 0. The van der Waals surface area contributed by atoms with Crippen molar-refractivity contribution < 1.29 is 148 Å². The minimum Gasteiger partial charge on any atom is -0.463 e. The van der Waals surface area contributed by atoms with E-state index in [0.29, 0.717) is 32.1 Å². The number of hydrogen-bond donors (Lipinski definition) is 0. The number of rotatable bonds is 15. The zero-order valence-electron chi connectivity index (χ0n) is 49.0. The molecule has 4 rings (SSSR count). The molecule has 4 aliphatic rings. The van der Waals surface area contributed by atoms with Crippen molar-refractivity contribution in [2.75, 3.05) is 52.9 Å². The van der Waals surface area contributed by atoms with Gasteiger partial charge in [-0.15, -0.1) is 0 Å². The van der Waals surface area contributed by atoms with Gasteiger partial charge >= 0.3 is 71.6 Å². The Labute approximate surface area is 483 Å². The fourth-order valence-electron chi connectivity index (χ4n) is 9.77. The molecule has 4 fully saturated rings. The van der Waals surface area contributed by atoms with Crippen LogP contribution < -0.4 is 0 Å². The third kappa shape index (κ3) is 20.3. The molecule has 0 aliphatic carbocycles. The van der Waals surface area contributed by atoms with E-state index >= 15 is 0 Å². The van der Waals surface area contributed by atoms with Crippen LogP contribution in [-0.2, 0) is 148 Å². The predicted octanol–water partition coefficient (Wildman–Crippen LogP) is 0.767. The van der Waals surface area contributed by atoms with E-state index in [1.807, 2.05) is 0 Å². The maximum Gasteiger partial charge on any atom is 0.303 e. The van der Waals surface area contributed by atoms with Crippen molar-refractivity contribution in [3.63, 3.8) is 0 Å². The second-order valence-electron chi connectivity index (χ2n) is 19.9. The lowest BCUT2D eigenvalue weighted by molar-refractivity contribution is -0.438. The Morgan fingerprint density at radius 3 is 0.833 bits per heavy atom. The van der Waals surface area contributed by atoms with Gasteiger partial charge in [0.25, 0.3) is 0 Å². The third-order valence-corrected chi connectivity index (χ3v) is 12.7. The summed E-state index contributed by atoms with van der Waals surface area (Å²) in [5.41, 5.74) is 0. The van der Waals surface area contributed by atoms with Crippen LogP contribution in [0.2, 0.25) is 0 Å². The summed E-state index contributed by atoms with van der Waals surface area (Å²) in [5, 5.41) is 0. The van der Waals surface area contributed by atoms with E-state index in [9.17, 15) is 57.5 Å². The average molecular weight is 1210 g/mol. The molecule has 0 amide bonds. The largest absolute Gasteiger partial charge is 0.463 e. The molecule has 15 atom stereocenters. The molecule has 4 saturated heterocycles. The fraction of sp³-hybridized carbons (Fsp3) is 0.774. The normalized spacial score (nSPS) is 32.3. The highest BCUT2D eigenvalue weighted by atomic mass is 16.8. The summed E-state index contributed by atoms with van der Waals surface area (Å²) in [5.74, 6) is -20.8. The first-order valence-corrected chi connectivity index (χ1v) is 26.9. The molecule has 31 heteroatoms. The molecule has 3 spiro atoms. The van der Waals surface area contributed by atoms with Crippen molar-refractivity contribution >= 4 is 71.6 Å². The summed E-state index contributed by atoms with van der Waals surface area (Å²) in [6, 6.07) is 0. The minimum atomic E-state index is -3.06. The molecule has 0 unspecified atom stereocenters. The van der Waals surface area contributed by atoms with E-state index in [2.05, 4.69) is 0 Å². The van der Waals surface area contributed by atoms with Crippen molar-refractivity contribution in [3.05, 3.63) is 0 Å². The second kappa shape index (κ2) is 32.0. The first-order chi connectivity index (χ1) is 39.4. The molecule has 0 aromatic carbocycles. The highest BCUT2D eigenvalue weighted by Crippen LogP contribution is 2.45. The maximum atomic E-state index is 13.6. The molecule has 0 bridgehead atoms. The molecule has 0 saturated carbocycles. The maximum absolute atomic E-state index is 13.6. The van der Waals surface area contributed by atoms with Crippen LogP contribution >= 0.6 is 0 Å². The molecule has 4 heterocycles. The molecule has 84 heavy (non-hydrogen) atoms. The smallest absolute Gasteiger partial charge is 0.303 e. The lowest BCUT2D eigenvalue weighted by atomic mass is 9.89. The number of ether oxygens (including phenoxy) is 19. The Balaban J connectivity index is 2.25. The highest BCUT2D eigenvalue weighted by Gasteiger charge is 2.68. The van der Waals surface area contributed by atoms with Gasteiger partial charge in [0.15, 0.2) is 54.9 Å². The van der Waals surface area contributed by atoms with Crippen molar-refractivity contribution in [2.45, 2.75) is 212 Å². The predicted molar refractivity (Wildman–Crippen MR) is 269 cm³/mol. The van der Waals surface area contributed by atoms with Gasteiger partial charge in [0.1, 0.15) is 58.0 Å². The standard InChI is InChI=1S/C53H76O31/c1-27(54)67-21-39-42(73-30(4)57)45(76-33(7)60)48(79-36(10)63)51(82-39)24-66-19-17-15-13-14-16-18-20-70-52(49(80-37(11)64)46(77-34(8)61)43(74-31(5)58)40(83-52)22-68-28(2)55)25-72-53(26-71-51)50(81-38(12)65)47(78-35(9)62)44(75-32(6)59)41(84-53)23-69-29(3)56/h39-50H,13-26H2,1-12H3/t39-,40-,41-,42+,43+,44+,45+,46+,47+,48-,49-,50-,51+,52+,53+/m1/s1. The van der Waals surface area contributed by atoms with Crippen molar-refractivity contribution in [2.24, 2.45) is 0 Å². The summed E-state index contributed by atoms with van der Waals surface area (Å²) < 4.78 is 115. The molecule has 0 N–H and O–H groups in total. The lowest BCUT2D eigenvalue weighted by Crippen LogP contribution is -2.75. The summed E-state index contributed by atoms with van der Waals surface area (Å²) >= 11 is 0. The van der Waals surface area contributed by atoms with Crippen LogP contribution in [0.5, 0.6) is 0 Å². The number of esters is 12. The van der Waals surface area contributed by atoms with Crippen LogP contribution in [0, 0.1) is 0 Å². The SMILES string of the molecule is CC(=O)OC[C@H]1O[C@@]2(COCCCCCCCCO[C@@]3(CO[C@@]4(CO2)O[C@H](COC(C)=O)[C@H](OC(C)=O)[C@H](OC(C)=O)[C@H]4OC(C)=O)O[C@H](COC(C)=O)[C@H](OC(C)=O)[C@H](OC(C)=O)[C@H]3OC(C)=O)[C@H](OC(C)=O)[C@@H](OC(C)=O)[C@H]1OC(C)=O. The van der Waals surface area contributed by atoms with Crippen LogP contribution in [0.3, 0.4) is 0 Å². The fourth-order valence-corrected chi connectivity index (χ4v) is 9.77. The Morgan fingerprint density at radius 1 is 0.298 bits per heavy atom.